The summed E-state index contributed by atoms with van der Waals surface area (Å²) in [5.74, 6) is 0. The van der Waals surface area contributed by atoms with Crippen LogP contribution in [0.4, 0.5) is 11.4 Å². The first-order valence-corrected chi connectivity index (χ1v) is 4.06. The summed E-state index contributed by atoms with van der Waals surface area (Å²) < 4.78 is 0. The maximum Gasteiger partial charge on any atom is 0.0623 e. The Hall–Kier alpha value is -1.31. The standard InChI is InChI=1S/C10H14N2/c1-4-12(3)10-7-5-9(11-2)6-8-10/h5-8H,2,4H2,1,3H3. The van der Waals surface area contributed by atoms with Gasteiger partial charge in [0.1, 0.15) is 0 Å². The quantitative estimate of drug-likeness (QED) is 0.623. The zero-order valence-electron chi connectivity index (χ0n) is 7.62. The molecule has 1 aromatic rings. The van der Waals surface area contributed by atoms with Crippen LogP contribution in [0, 0.1) is 0 Å². The van der Waals surface area contributed by atoms with Gasteiger partial charge >= 0.3 is 0 Å². The molecule has 0 amide bonds. The molecule has 0 aromatic heterocycles. The lowest BCUT2D eigenvalue weighted by Crippen LogP contribution is -2.15. The number of anilines is 1. The van der Waals surface area contributed by atoms with Crippen LogP contribution in [0.1, 0.15) is 6.92 Å². The summed E-state index contributed by atoms with van der Waals surface area (Å²) in [6.45, 7) is 6.60. The zero-order chi connectivity index (χ0) is 8.97. The minimum Gasteiger partial charge on any atom is -0.375 e. The van der Waals surface area contributed by atoms with Gasteiger partial charge in [0.15, 0.2) is 0 Å². The van der Waals surface area contributed by atoms with E-state index in [-0.39, 0.29) is 0 Å². The van der Waals surface area contributed by atoms with Gasteiger partial charge < -0.3 is 4.90 Å². The largest absolute Gasteiger partial charge is 0.375 e. The molecule has 0 bridgehead atoms. The Morgan fingerprint density at radius 2 is 1.92 bits per heavy atom. The van der Waals surface area contributed by atoms with E-state index >= 15 is 0 Å². The minimum atomic E-state index is 0.920. The predicted molar refractivity (Wildman–Crippen MR) is 54.6 cm³/mol. The molecule has 0 aliphatic heterocycles. The molecule has 2 heteroatoms. The maximum atomic E-state index is 3.83. The van der Waals surface area contributed by atoms with E-state index < -0.39 is 0 Å². The number of hydrogen-bond donors (Lipinski definition) is 0. The number of rotatable bonds is 3. The Balaban J connectivity index is 2.84. The van der Waals surface area contributed by atoms with Crippen LogP contribution in [0.15, 0.2) is 29.3 Å². The molecule has 64 valence electrons. The molecular formula is C10H14N2. The summed E-state index contributed by atoms with van der Waals surface area (Å²) >= 11 is 0. The Morgan fingerprint density at radius 3 is 2.33 bits per heavy atom. The fraction of sp³-hybridized carbons (Fsp3) is 0.300. The fourth-order valence-corrected chi connectivity index (χ4v) is 0.995. The molecule has 0 radical (unpaired) electrons. The van der Waals surface area contributed by atoms with E-state index in [2.05, 4.69) is 30.6 Å². The second-order valence-corrected chi connectivity index (χ2v) is 2.69. The SMILES string of the molecule is C=Nc1ccc(N(C)CC)cc1. The van der Waals surface area contributed by atoms with Crippen LogP contribution in [0.25, 0.3) is 0 Å². The molecule has 0 unspecified atom stereocenters. The smallest absolute Gasteiger partial charge is 0.0623 e. The lowest BCUT2D eigenvalue weighted by Gasteiger charge is -2.16. The van der Waals surface area contributed by atoms with Crippen molar-refractivity contribution in [1.29, 1.82) is 0 Å². The van der Waals surface area contributed by atoms with Crippen molar-refractivity contribution in [3.63, 3.8) is 0 Å². The molecule has 0 aliphatic carbocycles. The summed E-state index contributed by atoms with van der Waals surface area (Å²) in [5.41, 5.74) is 2.13. The van der Waals surface area contributed by atoms with Gasteiger partial charge in [0.25, 0.3) is 0 Å². The van der Waals surface area contributed by atoms with Gasteiger partial charge in [-0.2, -0.15) is 0 Å². The zero-order valence-corrected chi connectivity index (χ0v) is 7.62. The first kappa shape index (κ1) is 8.78. The molecule has 0 fully saturated rings. The van der Waals surface area contributed by atoms with Crippen molar-refractivity contribution in [1.82, 2.24) is 0 Å². The molecule has 0 atom stereocenters. The molecule has 0 saturated carbocycles. The molecule has 0 N–H and O–H groups in total. The van der Waals surface area contributed by atoms with Crippen molar-refractivity contribution in [2.75, 3.05) is 18.5 Å². The van der Waals surface area contributed by atoms with Gasteiger partial charge in [0, 0.05) is 19.3 Å². The number of aliphatic imine (C=N–C) groups is 1. The Bertz CT molecular complexity index is 251. The lowest BCUT2D eigenvalue weighted by molar-refractivity contribution is 0.968. The average Bonchev–Trinajstić information content (AvgIpc) is 2.17. The lowest BCUT2D eigenvalue weighted by atomic mass is 10.2. The molecular weight excluding hydrogens is 148 g/mol. The molecule has 0 saturated heterocycles. The van der Waals surface area contributed by atoms with Crippen LogP contribution in [-0.4, -0.2) is 20.3 Å². The van der Waals surface area contributed by atoms with Crippen molar-refractivity contribution in [2.45, 2.75) is 6.92 Å². The van der Waals surface area contributed by atoms with Crippen molar-refractivity contribution >= 4 is 18.1 Å². The monoisotopic (exact) mass is 162 g/mol. The third-order valence-electron chi connectivity index (χ3n) is 1.95. The second-order valence-electron chi connectivity index (χ2n) is 2.69. The van der Waals surface area contributed by atoms with Gasteiger partial charge in [-0.1, -0.05) is 0 Å². The third-order valence-corrected chi connectivity index (χ3v) is 1.95. The van der Waals surface area contributed by atoms with Gasteiger partial charge in [-0.05, 0) is 37.9 Å². The molecule has 0 heterocycles. The van der Waals surface area contributed by atoms with Crippen molar-refractivity contribution < 1.29 is 0 Å². The van der Waals surface area contributed by atoms with E-state index in [0.29, 0.717) is 0 Å². The molecule has 1 aromatic carbocycles. The van der Waals surface area contributed by atoms with Crippen LogP contribution in [0.5, 0.6) is 0 Å². The summed E-state index contributed by atoms with van der Waals surface area (Å²) in [5, 5.41) is 0. The molecule has 0 spiro atoms. The van der Waals surface area contributed by atoms with Crippen LogP contribution in [-0.2, 0) is 0 Å². The van der Waals surface area contributed by atoms with Gasteiger partial charge in [0.2, 0.25) is 0 Å². The summed E-state index contributed by atoms with van der Waals surface area (Å²) in [6, 6.07) is 8.03. The number of nitrogens with zero attached hydrogens (tertiary/aromatic N) is 2. The Kier molecular flexibility index (Phi) is 2.86. The molecule has 12 heavy (non-hydrogen) atoms. The fourth-order valence-electron chi connectivity index (χ4n) is 0.995. The van der Waals surface area contributed by atoms with E-state index in [4.69, 9.17) is 0 Å². The van der Waals surface area contributed by atoms with Crippen LogP contribution < -0.4 is 4.90 Å². The van der Waals surface area contributed by atoms with E-state index in [9.17, 15) is 0 Å². The van der Waals surface area contributed by atoms with Crippen LogP contribution in [0.2, 0.25) is 0 Å². The highest BCUT2D eigenvalue weighted by Crippen LogP contribution is 2.17. The van der Waals surface area contributed by atoms with E-state index in [1.807, 2.05) is 24.3 Å². The Morgan fingerprint density at radius 1 is 1.33 bits per heavy atom. The van der Waals surface area contributed by atoms with E-state index in [1.165, 1.54) is 5.69 Å². The second kappa shape index (κ2) is 3.90. The molecule has 2 nitrogen and oxygen atoms in total. The van der Waals surface area contributed by atoms with Gasteiger partial charge in [0.05, 0.1) is 5.69 Å². The first-order valence-electron chi connectivity index (χ1n) is 4.06. The molecule has 0 aliphatic rings. The molecule has 1 rings (SSSR count). The van der Waals surface area contributed by atoms with Gasteiger partial charge in [-0.15, -0.1) is 0 Å². The van der Waals surface area contributed by atoms with Crippen LogP contribution >= 0.6 is 0 Å². The number of hydrogen-bond acceptors (Lipinski definition) is 2. The Labute approximate surface area is 73.5 Å². The number of benzene rings is 1. The summed E-state index contributed by atoms with van der Waals surface area (Å²) in [4.78, 5) is 6.00. The summed E-state index contributed by atoms with van der Waals surface area (Å²) in [7, 11) is 2.07. The normalized spacial score (nSPS) is 9.50. The van der Waals surface area contributed by atoms with Crippen LogP contribution in [0.3, 0.4) is 0 Å². The highest BCUT2D eigenvalue weighted by molar-refractivity contribution is 5.54. The maximum absolute atomic E-state index is 3.83. The highest BCUT2D eigenvalue weighted by Gasteiger charge is 1.95. The average molecular weight is 162 g/mol. The first-order chi connectivity index (χ1) is 5.77. The van der Waals surface area contributed by atoms with Crippen molar-refractivity contribution in [3.05, 3.63) is 24.3 Å². The topological polar surface area (TPSA) is 15.6 Å². The highest BCUT2D eigenvalue weighted by atomic mass is 15.1. The predicted octanol–water partition coefficient (Wildman–Crippen LogP) is 2.47. The summed E-state index contributed by atoms with van der Waals surface area (Å²) in [6.07, 6.45) is 0. The van der Waals surface area contributed by atoms with Crippen molar-refractivity contribution in [3.8, 4) is 0 Å². The van der Waals surface area contributed by atoms with E-state index in [0.717, 1.165) is 12.2 Å². The third kappa shape index (κ3) is 1.84. The van der Waals surface area contributed by atoms with Gasteiger partial charge in [-0.3, -0.25) is 4.99 Å². The van der Waals surface area contributed by atoms with Gasteiger partial charge in [-0.25, -0.2) is 0 Å². The van der Waals surface area contributed by atoms with E-state index in [1.54, 1.807) is 0 Å². The minimum absolute atomic E-state index is 0.920. The van der Waals surface area contributed by atoms with Crippen molar-refractivity contribution in [2.24, 2.45) is 4.99 Å².